The molecule has 2 amide bonds. The number of nitrogens with zero attached hydrogens (tertiary/aromatic N) is 2. The van der Waals surface area contributed by atoms with Crippen LogP contribution in [0.15, 0.2) is 22.7 Å². The normalized spacial score (nSPS) is 33.1. The minimum Gasteiger partial charge on any atom is -0.510 e. The van der Waals surface area contributed by atoms with Crippen molar-refractivity contribution in [1.29, 1.82) is 0 Å². The predicted octanol–water partition coefficient (Wildman–Crippen LogP) is -0.853. The highest BCUT2D eigenvalue weighted by Gasteiger charge is 2.63. The maximum absolute atomic E-state index is 16.2. The first-order valence-electron chi connectivity index (χ1n) is 13.1. The average molecular weight is 573 g/mol. The van der Waals surface area contributed by atoms with Gasteiger partial charge in [-0.2, -0.15) is 0 Å². The fourth-order valence-electron chi connectivity index (χ4n) is 7.42. The van der Waals surface area contributed by atoms with E-state index in [4.69, 9.17) is 5.73 Å². The molecule has 0 radical (unpaired) electrons. The number of ketones is 2. The zero-order chi connectivity index (χ0) is 29.9. The number of primary amides is 1. The zero-order valence-corrected chi connectivity index (χ0v) is 22.1. The summed E-state index contributed by atoms with van der Waals surface area (Å²) < 4.78 is 16.2. The summed E-state index contributed by atoms with van der Waals surface area (Å²) in [5.74, 6) is -9.86. The number of carbonyl (C=O) groups is 4. The minimum absolute atomic E-state index is 0.0614. The van der Waals surface area contributed by atoms with Gasteiger partial charge in [-0.3, -0.25) is 29.0 Å². The van der Waals surface area contributed by atoms with Gasteiger partial charge in [0.2, 0.25) is 11.7 Å². The number of anilines is 1. The van der Waals surface area contributed by atoms with Gasteiger partial charge in [-0.1, -0.05) is 0 Å². The lowest BCUT2D eigenvalue weighted by molar-refractivity contribution is -0.148. The van der Waals surface area contributed by atoms with Crippen LogP contribution in [0.4, 0.5) is 10.1 Å². The summed E-state index contributed by atoms with van der Waals surface area (Å²) in [7, 11) is 3.02. The number of amides is 2. The Kier molecular flexibility index (Phi) is 5.88. The second kappa shape index (κ2) is 8.82. The molecule has 1 saturated heterocycles. The fraction of sp³-hybridized carbons (Fsp3) is 0.481. The SMILES string of the molecule is CN(C)[C@@H]1C(O)=C(C(N)=O)C(=O)[C@@]2(O)C(O)=C3C(=O)c4c(O)c5c(c(F)c4C[C@H]3C[C@@H]12)CN1C[C@H](O)C[C@H]1C(=O)N5. The molecular weight excluding hydrogens is 543 g/mol. The lowest BCUT2D eigenvalue weighted by Gasteiger charge is -2.50. The maximum atomic E-state index is 16.2. The largest absolute Gasteiger partial charge is 0.510 e. The Labute approximate surface area is 232 Å². The number of nitrogens with one attached hydrogen (secondary N) is 1. The first-order chi connectivity index (χ1) is 19.2. The van der Waals surface area contributed by atoms with Gasteiger partial charge in [0.05, 0.1) is 29.4 Å². The Hall–Kier alpha value is -3.85. The Balaban J connectivity index is 1.52. The number of phenolic OH excluding ortho intramolecular Hbond substituents is 1. The Morgan fingerprint density at radius 3 is 2.46 bits per heavy atom. The molecule has 2 heterocycles. The number of carbonyl (C=O) groups excluding carboxylic acids is 4. The number of aliphatic hydroxyl groups excluding tert-OH is 3. The summed E-state index contributed by atoms with van der Waals surface area (Å²) in [5.41, 5.74) is 0.109. The van der Waals surface area contributed by atoms with Crippen molar-refractivity contribution >= 4 is 29.1 Å². The molecule has 218 valence electrons. The molecule has 3 aliphatic carbocycles. The highest BCUT2D eigenvalue weighted by Crippen LogP contribution is 2.54. The lowest BCUT2D eigenvalue weighted by Crippen LogP contribution is -2.63. The van der Waals surface area contributed by atoms with Gasteiger partial charge < -0.3 is 36.6 Å². The van der Waals surface area contributed by atoms with Crippen LogP contribution in [0.5, 0.6) is 5.75 Å². The van der Waals surface area contributed by atoms with Crippen LogP contribution >= 0.6 is 0 Å². The molecule has 2 aliphatic heterocycles. The average Bonchev–Trinajstić information content (AvgIpc) is 3.19. The van der Waals surface area contributed by atoms with Crippen molar-refractivity contribution in [1.82, 2.24) is 9.80 Å². The van der Waals surface area contributed by atoms with Crippen LogP contribution < -0.4 is 11.1 Å². The Morgan fingerprint density at radius 1 is 1.15 bits per heavy atom. The van der Waals surface area contributed by atoms with Crippen molar-refractivity contribution in [3.63, 3.8) is 0 Å². The number of rotatable bonds is 2. The predicted molar refractivity (Wildman–Crippen MR) is 137 cm³/mol. The summed E-state index contributed by atoms with van der Waals surface area (Å²) in [6.07, 6.45) is -1.08. The molecule has 0 spiro atoms. The van der Waals surface area contributed by atoms with E-state index in [-0.39, 0.29) is 49.2 Å². The van der Waals surface area contributed by atoms with E-state index >= 15 is 4.39 Å². The molecule has 5 aliphatic rings. The van der Waals surface area contributed by atoms with Crippen LogP contribution in [0.2, 0.25) is 0 Å². The molecule has 0 unspecified atom stereocenters. The van der Waals surface area contributed by atoms with E-state index in [0.29, 0.717) is 0 Å². The van der Waals surface area contributed by atoms with E-state index in [1.165, 1.54) is 19.0 Å². The van der Waals surface area contributed by atoms with Crippen molar-refractivity contribution in [2.75, 3.05) is 26.0 Å². The number of allylic oxidation sites excluding steroid dienone is 1. The summed E-state index contributed by atoms with van der Waals surface area (Å²) in [5, 5.41) is 57.6. The molecule has 41 heavy (non-hydrogen) atoms. The fourth-order valence-corrected chi connectivity index (χ4v) is 7.42. The van der Waals surface area contributed by atoms with Crippen LogP contribution in [0, 0.1) is 17.7 Å². The minimum atomic E-state index is -2.82. The third kappa shape index (κ3) is 3.47. The maximum Gasteiger partial charge on any atom is 0.255 e. The number of benzene rings is 1. The van der Waals surface area contributed by atoms with E-state index in [1.54, 1.807) is 4.90 Å². The van der Waals surface area contributed by atoms with Crippen LogP contribution in [0.25, 0.3) is 0 Å². The molecule has 1 fully saturated rings. The second-order valence-electron chi connectivity index (χ2n) is 11.7. The zero-order valence-electron chi connectivity index (χ0n) is 22.1. The number of likely N-dealkylation sites (N-methyl/N-ethyl adjacent to an activating group) is 1. The molecule has 0 aromatic heterocycles. The van der Waals surface area contributed by atoms with Crippen molar-refractivity contribution in [2.45, 2.75) is 49.6 Å². The third-order valence-electron chi connectivity index (χ3n) is 9.22. The van der Waals surface area contributed by atoms with Crippen molar-refractivity contribution < 1.29 is 49.1 Å². The summed E-state index contributed by atoms with van der Waals surface area (Å²) in [6.45, 7) is -0.00887. The van der Waals surface area contributed by atoms with Crippen molar-refractivity contribution in [3.05, 3.63) is 45.2 Å². The topological polar surface area (TPSA) is 214 Å². The van der Waals surface area contributed by atoms with E-state index in [9.17, 15) is 44.7 Å². The lowest BCUT2D eigenvalue weighted by atomic mass is 9.58. The molecule has 6 atom stereocenters. The molecule has 0 saturated carbocycles. The van der Waals surface area contributed by atoms with Crippen LogP contribution in [0.3, 0.4) is 0 Å². The number of hydrogen-bond acceptors (Lipinski definition) is 11. The van der Waals surface area contributed by atoms with Gasteiger partial charge >= 0.3 is 0 Å². The Bertz CT molecular complexity index is 1530. The van der Waals surface area contributed by atoms with Gasteiger partial charge in [0.15, 0.2) is 17.1 Å². The molecule has 1 aromatic carbocycles. The molecule has 13 nitrogen and oxygen atoms in total. The first-order valence-corrected chi connectivity index (χ1v) is 13.1. The van der Waals surface area contributed by atoms with Crippen LogP contribution in [0.1, 0.15) is 34.3 Å². The Morgan fingerprint density at radius 2 is 1.83 bits per heavy atom. The van der Waals surface area contributed by atoms with Gasteiger partial charge in [0.25, 0.3) is 5.91 Å². The summed E-state index contributed by atoms with van der Waals surface area (Å²) >= 11 is 0. The number of nitrogens with two attached hydrogens (primary N) is 1. The van der Waals surface area contributed by atoms with Crippen LogP contribution in [-0.4, -0.2) is 103 Å². The third-order valence-corrected chi connectivity index (χ3v) is 9.22. The van der Waals surface area contributed by atoms with Crippen molar-refractivity contribution in [3.8, 4) is 5.75 Å². The van der Waals surface area contributed by atoms with Gasteiger partial charge in [0, 0.05) is 35.7 Å². The highest BCUT2D eigenvalue weighted by molar-refractivity contribution is 6.25. The van der Waals surface area contributed by atoms with E-state index < -0.39 is 98.8 Å². The number of Topliss-reactive ketones (excluding diaryl/α,β-unsaturated/α-hetero) is 2. The van der Waals surface area contributed by atoms with Gasteiger partial charge in [-0.25, -0.2) is 4.39 Å². The molecular formula is C27H29FN4O9. The summed E-state index contributed by atoms with van der Waals surface area (Å²) in [6, 6.07) is -1.94. The van der Waals surface area contributed by atoms with Gasteiger partial charge in [-0.05, 0) is 39.3 Å². The number of aliphatic hydroxyl groups is 4. The smallest absolute Gasteiger partial charge is 0.255 e. The highest BCUT2D eigenvalue weighted by atomic mass is 19.1. The number of fused-ring (bicyclic) bond motifs is 5. The van der Waals surface area contributed by atoms with Gasteiger partial charge in [-0.15, -0.1) is 0 Å². The first kappa shape index (κ1) is 27.3. The number of aromatic hydroxyl groups is 1. The number of halogens is 1. The van der Waals surface area contributed by atoms with Gasteiger partial charge in [0.1, 0.15) is 22.9 Å². The molecule has 0 bridgehead atoms. The quantitative estimate of drug-likeness (QED) is 0.171. The summed E-state index contributed by atoms with van der Waals surface area (Å²) in [4.78, 5) is 55.2. The standard InChI is InChI=1S/C27H29FN4O9/c1-31(2)19-12-4-8-3-10-15(20(34)14(8)23(37)27(12,41)24(38)16(22(19)36)25(29)39)21(35)18-11(17(10)28)7-32-6-9(33)5-13(32)26(40)30-18/h8-9,12-13,19,33,35-37,41H,3-7H2,1-2H3,(H2,29,39)(H,30,40)/t8-,9+,12-,13-,19-,27-/m0/s1. The number of hydrogen-bond donors (Lipinski definition) is 7. The van der Waals surface area contributed by atoms with Crippen LogP contribution in [-0.2, 0) is 27.3 Å². The number of phenols is 1. The monoisotopic (exact) mass is 572 g/mol. The van der Waals surface area contributed by atoms with Crippen molar-refractivity contribution in [2.24, 2.45) is 17.6 Å². The molecule has 8 N–H and O–H groups in total. The van der Waals surface area contributed by atoms with E-state index in [2.05, 4.69) is 5.32 Å². The molecule has 1 aromatic rings. The molecule has 14 heteroatoms. The van der Waals surface area contributed by atoms with E-state index in [0.717, 1.165) is 0 Å². The molecule has 6 rings (SSSR count). The second-order valence-corrected chi connectivity index (χ2v) is 11.7. The van der Waals surface area contributed by atoms with E-state index in [1.807, 2.05) is 0 Å².